The van der Waals surface area contributed by atoms with Crippen molar-refractivity contribution >= 4 is 40.6 Å². The van der Waals surface area contributed by atoms with E-state index in [1.165, 1.54) is 12.1 Å². The summed E-state index contributed by atoms with van der Waals surface area (Å²) in [7, 11) is 0. The van der Waals surface area contributed by atoms with Gasteiger partial charge >= 0.3 is 11.9 Å². The van der Waals surface area contributed by atoms with E-state index in [0.29, 0.717) is 11.1 Å². The predicted octanol–water partition coefficient (Wildman–Crippen LogP) is -1.01. The Labute approximate surface area is 233 Å². The maximum atomic E-state index is 13.3. The van der Waals surface area contributed by atoms with Gasteiger partial charge in [-0.1, -0.05) is 30.3 Å². The number of nitrogens with one attached hydrogen (secondary N) is 4. The fourth-order valence-corrected chi connectivity index (χ4v) is 4.10. The number of aromatic hydroxyl groups is 1. The van der Waals surface area contributed by atoms with Gasteiger partial charge in [0, 0.05) is 23.5 Å². The molecule has 1 aromatic heterocycles. The monoisotopic (exact) mass is 569 g/mol. The van der Waals surface area contributed by atoms with Crippen molar-refractivity contribution in [2.24, 2.45) is 5.73 Å². The number of hydrogen-bond acceptors (Lipinski definition) is 8. The van der Waals surface area contributed by atoms with Crippen molar-refractivity contribution in [3.8, 4) is 5.75 Å². The third-order valence-corrected chi connectivity index (χ3v) is 6.27. The maximum absolute atomic E-state index is 13.3. The van der Waals surface area contributed by atoms with Gasteiger partial charge in [0.2, 0.25) is 17.7 Å². The molecule has 0 aliphatic heterocycles. The number of H-pyrrole nitrogens is 1. The molecule has 0 saturated heterocycles. The fraction of sp³-hybridized carbons (Fsp3) is 0.296. The van der Waals surface area contributed by atoms with Crippen LogP contribution in [0.5, 0.6) is 5.75 Å². The normalized spacial score (nSPS) is 13.9. The van der Waals surface area contributed by atoms with Gasteiger partial charge in [0.1, 0.15) is 23.9 Å². The van der Waals surface area contributed by atoms with Gasteiger partial charge in [0.05, 0.1) is 19.1 Å². The average molecular weight is 570 g/mol. The number of phenolic OH excluding ortho intramolecular Hbond substituents is 1. The minimum absolute atomic E-state index is 0.0376. The van der Waals surface area contributed by atoms with E-state index in [0.717, 1.165) is 10.9 Å². The fourth-order valence-electron chi connectivity index (χ4n) is 4.10. The molecule has 14 nitrogen and oxygen atoms in total. The first kappa shape index (κ1) is 30.6. The molecule has 0 aliphatic rings. The number of nitrogens with two attached hydrogens (primary N) is 1. The summed E-state index contributed by atoms with van der Waals surface area (Å²) in [4.78, 5) is 64.3. The minimum Gasteiger partial charge on any atom is -0.508 e. The number of carbonyl (C=O) groups is 5. The first-order valence-electron chi connectivity index (χ1n) is 12.5. The lowest BCUT2D eigenvalue weighted by Crippen LogP contribution is -2.58. The zero-order chi connectivity index (χ0) is 30.1. The number of carboxylic acid groups (broad SMARTS) is 2. The molecule has 41 heavy (non-hydrogen) atoms. The highest BCUT2D eigenvalue weighted by Gasteiger charge is 2.31. The van der Waals surface area contributed by atoms with Crippen molar-refractivity contribution in [2.45, 2.75) is 43.4 Å². The Kier molecular flexibility index (Phi) is 10.4. The van der Waals surface area contributed by atoms with Gasteiger partial charge in [0.25, 0.3) is 0 Å². The lowest BCUT2D eigenvalue weighted by Gasteiger charge is -2.24. The summed E-state index contributed by atoms with van der Waals surface area (Å²) in [5.41, 5.74) is 8.18. The van der Waals surface area contributed by atoms with Crippen LogP contribution in [0.3, 0.4) is 0 Å². The molecule has 0 bridgehead atoms. The van der Waals surface area contributed by atoms with E-state index >= 15 is 0 Å². The standard InChI is InChI=1S/C27H31N5O9/c28-18(9-14-5-7-16(34)8-6-14)24(37)30-20(10-15-12-29-19-4-2-1-3-17(15)19)25(38)32-22(13-33)26(39)31-21(27(40)41)11-23(35)36/h1-8,12,18,20-22,29,33-34H,9-11,13,28H2,(H,30,37)(H,31,39)(H,32,38)(H,35,36)(H,40,41). The van der Waals surface area contributed by atoms with E-state index in [4.69, 9.17) is 10.8 Å². The highest BCUT2D eigenvalue weighted by molar-refractivity contribution is 5.95. The number of aromatic amines is 1. The molecule has 1 heterocycles. The van der Waals surface area contributed by atoms with Crippen LogP contribution >= 0.6 is 0 Å². The van der Waals surface area contributed by atoms with Gasteiger partial charge in [-0.05, 0) is 35.7 Å². The zero-order valence-electron chi connectivity index (χ0n) is 21.7. The highest BCUT2D eigenvalue weighted by Crippen LogP contribution is 2.19. The van der Waals surface area contributed by atoms with Crippen LogP contribution in [-0.2, 0) is 36.8 Å². The van der Waals surface area contributed by atoms with Gasteiger partial charge in [-0.3, -0.25) is 19.2 Å². The molecule has 4 atom stereocenters. The van der Waals surface area contributed by atoms with Gasteiger partial charge in [0.15, 0.2) is 0 Å². The summed E-state index contributed by atoms with van der Waals surface area (Å²) in [5, 5.41) is 44.9. The number of aliphatic carboxylic acids is 2. The summed E-state index contributed by atoms with van der Waals surface area (Å²) >= 11 is 0. The average Bonchev–Trinajstić information content (AvgIpc) is 3.34. The van der Waals surface area contributed by atoms with Gasteiger partial charge in [-0.15, -0.1) is 0 Å². The number of amides is 3. The Bertz CT molecular complexity index is 1410. The number of rotatable bonds is 14. The van der Waals surface area contributed by atoms with Crippen LogP contribution in [0.4, 0.5) is 0 Å². The zero-order valence-corrected chi connectivity index (χ0v) is 21.7. The van der Waals surface area contributed by atoms with E-state index in [1.54, 1.807) is 24.4 Å². The molecular weight excluding hydrogens is 538 g/mol. The molecule has 0 aliphatic carbocycles. The largest absolute Gasteiger partial charge is 0.508 e. The Hall–Kier alpha value is -4.95. The number of benzene rings is 2. The Morgan fingerprint density at radius 1 is 0.805 bits per heavy atom. The smallest absolute Gasteiger partial charge is 0.326 e. The van der Waals surface area contributed by atoms with Crippen LogP contribution in [0, 0.1) is 0 Å². The van der Waals surface area contributed by atoms with Crippen molar-refractivity contribution < 1.29 is 44.4 Å². The van der Waals surface area contributed by atoms with Crippen molar-refractivity contribution in [2.75, 3.05) is 6.61 Å². The predicted molar refractivity (Wildman–Crippen MR) is 145 cm³/mol. The van der Waals surface area contributed by atoms with Crippen molar-refractivity contribution in [1.82, 2.24) is 20.9 Å². The minimum atomic E-state index is -1.80. The molecule has 0 fully saturated rings. The van der Waals surface area contributed by atoms with Crippen molar-refractivity contribution in [3.63, 3.8) is 0 Å². The topological polar surface area (TPSA) is 244 Å². The molecule has 4 unspecified atom stereocenters. The molecule has 0 saturated carbocycles. The number of aliphatic hydroxyl groups excluding tert-OH is 1. The van der Waals surface area contributed by atoms with E-state index in [1.807, 2.05) is 23.5 Å². The number of carbonyl (C=O) groups excluding carboxylic acids is 3. The number of aromatic nitrogens is 1. The first-order valence-corrected chi connectivity index (χ1v) is 12.5. The number of aliphatic hydroxyl groups is 1. The summed E-state index contributed by atoms with van der Waals surface area (Å²) in [6.45, 7) is -0.939. The third-order valence-electron chi connectivity index (χ3n) is 6.27. The molecule has 0 radical (unpaired) electrons. The van der Waals surface area contributed by atoms with Crippen LogP contribution in [0.25, 0.3) is 10.9 Å². The van der Waals surface area contributed by atoms with E-state index < -0.39 is 66.9 Å². The lowest BCUT2D eigenvalue weighted by atomic mass is 10.0. The molecule has 10 N–H and O–H groups in total. The summed E-state index contributed by atoms with van der Waals surface area (Å²) < 4.78 is 0. The van der Waals surface area contributed by atoms with Crippen molar-refractivity contribution in [1.29, 1.82) is 0 Å². The first-order chi connectivity index (χ1) is 19.5. The Balaban J connectivity index is 1.78. The molecular formula is C27H31N5O9. The molecule has 2 aromatic carbocycles. The molecule has 14 heteroatoms. The van der Waals surface area contributed by atoms with Crippen LogP contribution < -0.4 is 21.7 Å². The SMILES string of the molecule is NC(Cc1ccc(O)cc1)C(=O)NC(Cc1c[nH]c2ccccc12)C(=O)NC(CO)C(=O)NC(CC(=O)O)C(=O)O. The van der Waals surface area contributed by atoms with Gasteiger partial charge in [-0.2, -0.15) is 0 Å². The van der Waals surface area contributed by atoms with Crippen LogP contribution in [0.15, 0.2) is 54.7 Å². The molecule has 3 rings (SSSR count). The van der Waals surface area contributed by atoms with Crippen molar-refractivity contribution in [3.05, 3.63) is 65.9 Å². The number of para-hydroxylation sites is 1. The number of hydrogen-bond donors (Lipinski definition) is 9. The summed E-state index contributed by atoms with van der Waals surface area (Å²) in [6, 6.07) is 7.52. The van der Waals surface area contributed by atoms with Gasteiger partial charge < -0.3 is 47.1 Å². The summed E-state index contributed by atoms with van der Waals surface area (Å²) in [5.74, 6) is -5.74. The third kappa shape index (κ3) is 8.52. The number of phenols is 1. The Morgan fingerprint density at radius 2 is 1.41 bits per heavy atom. The second kappa shape index (κ2) is 13.9. The second-order valence-corrected chi connectivity index (χ2v) is 9.34. The second-order valence-electron chi connectivity index (χ2n) is 9.34. The molecule has 3 aromatic rings. The maximum Gasteiger partial charge on any atom is 0.326 e. The van der Waals surface area contributed by atoms with Crippen LogP contribution in [0.2, 0.25) is 0 Å². The lowest BCUT2D eigenvalue weighted by molar-refractivity contribution is -0.147. The van der Waals surface area contributed by atoms with E-state index in [9.17, 15) is 39.3 Å². The van der Waals surface area contributed by atoms with Gasteiger partial charge in [-0.25, -0.2) is 4.79 Å². The Morgan fingerprint density at radius 3 is 2.05 bits per heavy atom. The summed E-state index contributed by atoms with van der Waals surface area (Å²) in [6.07, 6.45) is 0.789. The van der Waals surface area contributed by atoms with Crippen LogP contribution in [-0.4, -0.2) is 85.8 Å². The van der Waals surface area contributed by atoms with Crippen LogP contribution in [0.1, 0.15) is 17.5 Å². The number of carboxylic acids is 2. The van der Waals surface area contributed by atoms with E-state index in [2.05, 4.69) is 15.6 Å². The van der Waals surface area contributed by atoms with E-state index in [-0.39, 0.29) is 18.6 Å². The molecule has 3 amide bonds. The molecule has 218 valence electrons. The number of fused-ring (bicyclic) bond motifs is 1. The quantitative estimate of drug-likeness (QED) is 0.114. The molecule has 0 spiro atoms. The highest BCUT2D eigenvalue weighted by atomic mass is 16.4.